The predicted molar refractivity (Wildman–Crippen MR) is 147 cm³/mol. The number of carbonyl (C=O) groups is 2. The Labute approximate surface area is 229 Å². The van der Waals surface area contributed by atoms with Crippen LogP contribution in [-0.2, 0) is 11.2 Å². The van der Waals surface area contributed by atoms with Gasteiger partial charge in [-0.15, -0.1) is 11.3 Å². The molecule has 0 bridgehead atoms. The van der Waals surface area contributed by atoms with Gasteiger partial charge in [0.1, 0.15) is 11.5 Å². The van der Waals surface area contributed by atoms with E-state index in [1.54, 1.807) is 28.0 Å². The number of benzene rings is 1. The summed E-state index contributed by atoms with van der Waals surface area (Å²) in [7, 11) is 0. The molecule has 1 aliphatic carbocycles. The molecule has 2 N–H and O–H groups in total. The summed E-state index contributed by atoms with van der Waals surface area (Å²) in [6, 6.07) is 10.8. The molecule has 10 heteroatoms. The van der Waals surface area contributed by atoms with Gasteiger partial charge in [-0.3, -0.25) is 9.59 Å². The lowest BCUT2D eigenvalue weighted by Gasteiger charge is -2.33. The highest BCUT2D eigenvalue weighted by Crippen LogP contribution is 2.41. The van der Waals surface area contributed by atoms with Gasteiger partial charge in [0.2, 0.25) is 5.91 Å². The molecule has 200 valence electrons. The standard InChI is InChI=1S/C29H29FN6O2S/c1-16-20-8-11-39-26(20)7-10-35(16)29(38)24-13-25(17-2-3-17)36-27(32-24)14-23(33-36)21-5-4-19(12-22(21)30)34-9-6-18(15-34)28(31)37/h4-5,8,11-14,16-18H,2-3,6-7,9-10,15H2,1H3,(H2,31,37)/t16-,18?/m1/s1. The van der Waals surface area contributed by atoms with Gasteiger partial charge in [0, 0.05) is 53.4 Å². The van der Waals surface area contributed by atoms with Crippen LogP contribution in [0.3, 0.4) is 0 Å². The first-order chi connectivity index (χ1) is 18.9. The summed E-state index contributed by atoms with van der Waals surface area (Å²) in [6.45, 7) is 3.90. The quantitative estimate of drug-likeness (QED) is 0.398. The van der Waals surface area contributed by atoms with E-state index in [4.69, 9.17) is 15.8 Å². The topological polar surface area (TPSA) is 96.8 Å². The van der Waals surface area contributed by atoms with Crippen LogP contribution in [0.25, 0.3) is 16.9 Å². The fraction of sp³-hybridized carbons (Fsp3) is 0.379. The number of nitrogens with zero attached hydrogens (tertiary/aromatic N) is 5. The lowest BCUT2D eigenvalue weighted by molar-refractivity contribution is -0.121. The molecule has 1 aromatic carbocycles. The summed E-state index contributed by atoms with van der Waals surface area (Å²) in [5.41, 5.74) is 10.1. The number of nitrogens with two attached hydrogens (primary N) is 1. The zero-order chi connectivity index (χ0) is 26.8. The molecule has 0 radical (unpaired) electrons. The minimum atomic E-state index is -0.392. The number of fused-ring (bicyclic) bond motifs is 2. The number of aromatic nitrogens is 3. The van der Waals surface area contributed by atoms with Crippen molar-refractivity contribution < 1.29 is 14.0 Å². The molecule has 8 nitrogen and oxygen atoms in total. The Morgan fingerprint density at radius 1 is 1.10 bits per heavy atom. The zero-order valence-electron chi connectivity index (χ0n) is 21.6. The Balaban J connectivity index is 1.21. The van der Waals surface area contributed by atoms with E-state index in [-0.39, 0.29) is 23.8 Å². The molecule has 2 aliphatic heterocycles. The lowest BCUT2D eigenvalue weighted by Crippen LogP contribution is -2.38. The first-order valence-corrected chi connectivity index (χ1v) is 14.4. The highest BCUT2D eigenvalue weighted by molar-refractivity contribution is 7.10. The smallest absolute Gasteiger partial charge is 0.273 e. The second kappa shape index (κ2) is 9.15. The highest BCUT2D eigenvalue weighted by atomic mass is 32.1. The van der Waals surface area contributed by atoms with Crippen molar-refractivity contribution in [3.63, 3.8) is 0 Å². The van der Waals surface area contributed by atoms with Crippen molar-refractivity contribution >= 4 is 34.5 Å². The number of amides is 2. The third-order valence-electron chi connectivity index (χ3n) is 8.39. The van der Waals surface area contributed by atoms with E-state index in [0.717, 1.165) is 30.6 Å². The Bertz CT molecular complexity index is 1630. The molecule has 4 aromatic rings. The molecule has 7 rings (SSSR count). The summed E-state index contributed by atoms with van der Waals surface area (Å²) >= 11 is 1.75. The van der Waals surface area contributed by atoms with Crippen LogP contribution in [-0.4, -0.2) is 50.9 Å². The Morgan fingerprint density at radius 3 is 2.69 bits per heavy atom. The second-order valence-corrected chi connectivity index (χ2v) is 11.9. The van der Waals surface area contributed by atoms with Crippen LogP contribution in [0.1, 0.15) is 64.8 Å². The molecule has 2 fully saturated rings. The molecule has 1 saturated carbocycles. The van der Waals surface area contributed by atoms with E-state index in [0.29, 0.717) is 54.6 Å². The molecule has 2 amide bonds. The van der Waals surface area contributed by atoms with Gasteiger partial charge in [-0.1, -0.05) is 0 Å². The monoisotopic (exact) mass is 544 g/mol. The Hall–Kier alpha value is -3.79. The van der Waals surface area contributed by atoms with E-state index in [1.807, 2.05) is 21.9 Å². The molecule has 39 heavy (non-hydrogen) atoms. The number of hydrogen-bond donors (Lipinski definition) is 1. The SMILES string of the molecule is C[C@@H]1c2ccsc2CCN1C(=O)c1cc(C2CC2)n2nc(-c3ccc(N4CCC(C(N)=O)C4)cc3F)cc2n1. The highest BCUT2D eigenvalue weighted by Gasteiger charge is 2.33. The van der Waals surface area contributed by atoms with Gasteiger partial charge < -0.3 is 15.5 Å². The van der Waals surface area contributed by atoms with Crippen LogP contribution >= 0.6 is 11.3 Å². The van der Waals surface area contributed by atoms with E-state index >= 15 is 4.39 Å². The van der Waals surface area contributed by atoms with Crippen molar-refractivity contribution in [3.8, 4) is 11.3 Å². The van der Waals surface area contributed by atoms with E-state index in [2.05, 4.69) is 18.4 Å². The normalized spacial score (nSPS) is 21.0. The maximum Gasteiger partial charge on any atom is 0.273 e. The van der Waals surface area contributed by atoms with Gasteiger partial charge in [-0.05, 0) is 73.9 Å². The number of primary amides is 1. The van der Waals surface area contributed by atoms with E-state index < -0.39 is 5.82 Å². The minimum Gasteiger partial charge on any atom is -0.371 e. The fourth-order valence-electron chi connectivity index (χ4n) is 5.98. The number of rotatable bonds is 5. The third kappa shape index (κ3) is 4.17. The first kappa shape index (κ1) is 24.3. The largest absolute Gasteiger partial charge is 0.371 e. The number of thiophene rings is 1. The number of halogens is 1. The van der Waals surface area contributed by atoms with Gasteiger partial charge >= 0.3 is 0 Å². The molecule has 3 aromatic heterocycles. The van der Waals surface area contributed by atoms with Crippen LogP contribution in [0.2, 0.25) is 0 Å². The van der Waals surface area contributed by atoms with Gasteiger partial charge in [-0.2, -0.15) is 5.10 Å². The maximum atomic E-state index is 15.4. The number of anilines is 1. The molecule has 1 unspecified atom stereocenters. The molecular weight excluding hydrogens is 515 g/mol. The van der Waals surface area contributed by atoms with Crippen molar-refractivity contribution in [2.75, 3.05) is 24.5 Å². The average molecular weight is 545 g/mol. The fourth-order valence-corrected chi connectivity index (χ4v) is 6.94. The van der Waals surface area contributed by atoms with Crippen molar-refractivity contribution in [1.82, 2.24) is 19.5 Å². The van der Waals surface area contributed by atoms with Gasteiger partial charge in [0.15, 0.2) is 5.65 Å². The molecule has 1 saturated heterocycles. The van der Waals surface area contributed by atoms with Crippen molar-refractivity contribution in [2.45, 2.75) is 44.6 Å². The van der Waals surface area contributed by atoms with Gasteiger partial charge in [0.05, 0.1) is 17.7 Å². The predicted octanol–water partition coefficient (Wildman–Crippen LogP) is 4.55. The number of hydrogen-bond acceptors (Lipinski definition) is 6. The minimum absolute atomic E-state index is 0.00292. The number of carbonyl (C=O) groups excluding carboxylic acids is 2. The van der Waals surface area contributed by atoms with Crippen molar-refractivity contribution in [1.29, 1.82) is 0 Å². The van der Waals surface area contributed by atoms with Crippen LogP contribution in [0.4, 0.5) is 10.1 Å². The Kier molecular flexibility index (Phi) is 5.69. The van der Waals surface area contributed by atoms with Crippen molar-refractivity contribution in [2.24, 2.45) is 11.7 Å². The summed E-state index contributed by atoms with van der Waals surface area (Å²) in [5.74, 6) is -0.687. The van der Waals surface area contributed by atoms with Crippen LogP contribution in [0.5, 0.6) is 0 Å². The van der Waals surface area contributed by atoms with Crippen LogP contribution < -0.4 is 10.6 Å². The second-order valence-electron chi connectivity index (χ2n) is 10.9. The molecule has 5 heterocycles. The van der Waals surface area contributed by atoms with Crippen LogP contribution in [0.15, 0.2) is 41.8 Å². The van der Waals surface area contributed by atoms with Crippen LogP contribution in [0, 0.1) is 11.7 Å². The lowest BCUT2D eigenvalue weighted by atomic mass is 10.0. The van der Waals surface area contributed by atoms with E-state index in [9.17, 15) is 9.59 Å². The third-order valence-corrected chi connectivity index (χ3v) is 9.39. The zero-order valence-corrected chi connectivity index (χ0v) is 22.5. The first-order valence-electron chi connectivity index (χ1n) is 13.5. The van der Waals surface area contributed by atoms with Gasteiger partial charge in [-0.25, -0.2) is 13.9 Å². The van der Waals surface area contributed by atoms with E-state index in [1.165, 1.54) is 16.5 Å². The maximum absolute atomic E-state index is 15.4. The molecule has 2 atom stereocenters. The summed E-state index contributed by atoms with van der Waals surface area (Å²) < 4.78 is 17.2. The molecular formula is C29H29FN6O2S. The Morgan fingerprint density at radius 2 is 1.95 bits per heavy atom. The van der Waals surface area contributed by atoms with Gasteiger partial charge in [0.25, 0.3) is 5.91 Å². The average Bonchev–Trinajstić information content (AvgIpc) is 3.31. The molecule has 3 aliphatic rings. The summed E-state index contributed by atoms with van der Waals surface area (Å²) in [4.78, 5) is 35.2. The summed E-state index contributed by atoms with van der Waals surface area (Å²) in [5, 5.41) is 6.82. The molecule has 0 spiro atoms. The summed E-state index contributed by atoms with van der Waals surface area (Å²) in [6.07, 6.45) is 3.59. The van der Waals surface area contributed by atoms with Crippen molar-refractivity contribution in [3.05, 3.63) is 69.4 Å².